The molecule has 0 aromatic carbocycles. The molecule has 0 amide bonds. The Morgan fingerprint density at radius 1 is 1.25 bits per heavy atom. The summed E-state index contributed by atoms with van der Waals surface area (Å²) in [5.74, 6) is 0.991. The molecule has 0 radical (unpaired) electrons. The summed E-state index contributed by atoms with van der Waals surface area (Å²) in [5.41, 5.74) is 0.445. The predicted octanol–water partition coefficient (Wildman–Crippen LogP) is 3.48. The molecule has 0 aliphatic rings. The van der Waals surface area contributed by atoms with Crippen molar-refractivity contribution >= 4 is 16.9 Å². The van der Waals surface area contributed by atoms with E-state index in [0.29, 0.717) is 5.41 Å². The summed E-state index contributed by atoms with van der Waals surface area (Å²) in [6.07, 6.45) is 3.66. The molecule has 0 heterocycles. The largest absolute Gasteiger partial charge is 0.288 e. The first-order chi connectivity index (χ1) is 5.42. The zero-order valence-corrected chi connectivity index (χ0v) is 9.46. The Labute approximate surface area is 80.3 Å². The molecule has 0 aliphatic heterocycles. The van der Waals surface area contributed by atoms with Gasteiger partial charge >= 0.3 is 0 Å². The molecule has 0 aliphatic carbocycles. The minimum absolute atomic E-state index is 0.241. The van der Waals surface area contributed by atoms with Crippen LogP contribution in [0.25, 0.3) is 0 Å². The molecule has 0 N–H and O–H groups in total. The Morgan fingerprint density at radius 2 is 1.83 bits per heavy atom. The summed E-state index contributed by atoms with van der Waals surface area (Å²) in [4.78, 5) is 10.6. The van der Waals surface area contributed by atoms with Gasteiger partial charge in [0.25, 0.3) is 0 Å². The van der Waals surface area contributed by atoms with E-state index in [1.165, 1.54) is 31.0 Å². The predicted molar refractivity (Wildman–Crippen MR) is 56.4 cm³/mol. The van der Waals surface area contributed by atoms with Gasteiger partial charge in [-0.2, -0.15) is 0 Å². The molecule has 0 rings (SSSR count). The highest BCUT2D eigenvalue weighted by molar-refractivity contribution is 8.13. The van der Waals surface area contributed by atoms with Gasteiger partial charge in [-0.15, -0.1) is 0 Å². The van der Waals surface area contributed by atoms with Gasteiger partial charge < -0.3 is 0 Å². The maximum absolute atomic E-state index is 10.6. The molecule has 0 aromatic heterocycles. The molecule has 1 nitrogen and oxygen atoms in total. The van der Waals surface area contributed by atoms with Crippen molar-refractivity contribution in [2.45, 2.75) is 47.0 Å². The third kappa shape index (κ3) is 10.0. The van der Waals surface area contributed by atoms with Crippen LogP contribution in [0.1, 0.15) is 47.0 Å². The van der Waals surface area contributed by atoms with E-state index in [2.05, 4.69) is 20.8 Å². The second-order valence-corrected chi connectivity index (χ2v) is 5.63. The molecule has 0 aromatic rings. The van der Waals surface area contributed by atoms with Crippen LogP contribution in [0.15, 0.2) is 0 Å². The van der Waals surface area contributed by atoms with Crippen LogP contribution < -0.4 is 0 Å². The van der Waals surface area contributed by atoms with Gasteiger partial charge in [0.2, 0.25) is 0 Å². The summed E-state index contributed by atoms with van der Waals surface area (Å²) >= 11 is 1.44. The summed E-state index contributed by atoms with van der Waals surface area (Å²) < 4.78 is 0. The van der Waals surface area contributed by atoms with E-state index in [0.717, 1.165) is 5.75 Å². The highest BCUT2D eigenvalue weighted by atomic mass is 32.2. The fourth-order valence-electron chi connectivity index (χ4n) is 0.973. The number of unbranched alkanes of at least 4 members (excludes halogenated alkanes) is 1. The van der Waals surface area contributed by atoms with Crippen molar-refractivity contribution in [2.75, 3.05) is 5.75 Å². The lowest BCUT2D eigenvalue weighted by Gasteiger charge is -2.17. The molecule has 0 atom stereocenters. The Balaban J connectivity index is 3.17. The quantitative estimate of drug-likeness (QED) is 0.628. The Morgan fingerprint density at radius 3 is 2.25 bits per heavy atom. The minimum atomic E-state index is 0.241. The third-order valence-corrected chi connectivity index (χ3v) is 2.53. The van der Waals surface area contributed by atoms with E-state index in [9.17, 15) is 4.79 Å². The van der Waals surface area contributed by atoms with Crippen molar-refractivity contribution in [1.82, 2.24) is 0 Å². The lowest BCUT2D eigenvalue weighted by molar-refractivity contribution is -0.109. The number of hydrogen-bond donors (Lipinski definition) is 0. The van der Waals surface area contributed by atoms with Crippen LogP contribution in [-0.4, -0.2) is 10.9 Å². The van der Waals surface area contributed by atoms with Crippen molar-refractivity contribution < 1.29 is 4.79 Å². The highest BCUT2D eigenvalue weighted by Crippen LogP contribution is 2.22. The molecular weight excluding hydrogens is 168 g/mol. The first kappa shape index (κ1) is 12.0. The van der Waals surface area contributed by atoms with Gasteiger partial charge in [-0.25, -0.2) is 0 Å². The average molecular weight is 188 g/mol. The Kier molecular flexibility index (Phi) is 5.64. The average Bonchev–Trinajstić information content (AvgIpc) is 1.83. The fourth-order valence-corrected chi connectivity index (χ4v) is 1.61. The van der Waals surface area contributed by atoms with Crippen molar-refractivity contribution in [1.29, 1.82) is 0 Å². The number of rotatable bonds is 4. The fraction of sp³-hybridized carbons (Fsp3) is 0.900. The zero-order valence-electron chi connectivity index (χ0n) is 8.64. The van der Waals surface area contributed by atoms with Crippen LogP contribution in [0.2, 0.25) is 0 Å². The topological polar surface area (TPSA) is 17.1 Å². The van der Waals surface area contributed by atoms with Gasteiger partial charge in [-0.05, 0) is 18.3 Å². The summed E-state index contributed by atoms with van der Waals surface area (Å²) in [5, 5.41) is 0.241. The smallest absolute Gasteiger partial charge is 0.185 e. The normalized spacial score (nSPS) is 11.7. The second kappa shape index (κ2) is 5.63. The van der Waals surface area contributed by atoms with Gasteiger partial charge in [0.1, 0.15) is 0 Å². The molecule has 72 valence electrons. The lowest BCUT2D eigenvalue weighted by atomic mass is 9.90. The van der Waals surface area contributed by atoms with Crippen LogP contribution in [-0.2, 0) is 4.79 Å². The lowest BCUT2D eigenvalue weighted by Crippen LogP contribution is -2.04. The Bertz CT molecular complexity index is 135. The first-order valence-corrected chi connectivity index (χ1v) is 5.54. The molecular formula is C10H20OS. The van der Waals surface area contributed by atoms with Gasteiger partial charge in [-0.3, -0.25) is 4.79 Å². The standard InChI is InChI=1S/C10H20OS/c1-9(11)12-8-6-5-7-10(2,3)4/h5-8H2,1-4H3. The number of carbonyl (C=O) groups is 1. The van der Waals surface area contributed by atoms with Crippen molar-refractivity contribution in [3.8, 4) is 0 Å². The van der Waals surface area contributed by atoms with Crippen LogP contribution in [0.4, 0.5) is 0 Å². The van der Waals surface area contributed by atoms with E-state index < -0.39 is 0 Å². The highest BCUT2D eigenvalue weighted by Gasteiger charge is 2.08. The maximum atomic E-state index is 10.6. The molecule has 0 fully saturated rings. The van der Waals surface area contributed by atoms with E-state index >= 15 is 0 Å². The van der Waals surface area contributed by atoms with Crippen LogP contribution >= 0.6 is 11.8 Å². The molecule has 0 saturated carbocycles. The summed E-state index contributed by atoms with van der Waals surface area (Å²) in [6.45, 7) is 8.40. The molecule has 0 spiro atoms. The molecule has 2 heteroatoms. The second-order valence-electron chi connectivity index (χ2n) is 4.36. The van der Waals surface area contributed by atoms with Gasteiger partial charge in [0, 0.05) is 12.7 Å². The van der Waals surface area contributed by atoms with Crippen LogP contribution in [0.3, 0.4) is 0 Å². The van der Waals surface area contributed by atoms with Crippen molar-refractivity contribution in [3.63, 3.8) is 0 Å². The van der Waals surface area contributed by atoms with E-state index in [1.54, 1.807) is 6.92 Å². The molecule has 0 bridgehead atoms. The molecule has 0 saturated heterocycles. The van der Waals surface area contributed by atoms with Crippen molar-refractivity contribution in [3.05, 3.63) is 0 Å². The van der Waals surface area contributed by atoms with E-state index in [-0.39, 0.29) is 5.12 Å². The SMILES string of the molecule is CC(=O)SCCCCC(C)(C)C. The zero-order chi connectivity index (χ0) is 9.61. The molecule has 0 unspecified atom stereocenters. The van der Waals surface area contributed by atoms with Crippen LogP contribution in [0, 0.1) is 5.41 Å². The van der Waals surface area contributed by atoms with Crippen molar-refractivity contribution in [2.24, 2.45) is 5.41 Å². The van der Waals surface area contributed by atoms with Gasteiger partial charge in [0.05, 0.1) is 0 Å². The minimum Gasteiger partial charge on any atom is -0.288 e. The third-order valence-electron chi connectivity index (χ3n) is 1.63. The van der Waals surface area contributed by atoms with Crippen LogP contribution in [0.5, 0.6) is 0 Å². The van der Waals surface area contributed by atoms with E-state index in [4.69, 9.17) is 0 Å². The monoisotopic (exact) mass is 188 g/mol. The molecule has 12 heavy (non-hydrogen) atoms. The Hall–Kier alpha value is 0.0200. The van der Waals surface area contributed by atoms with Gasteiger partial charge in [-0.1, -0.05) is 39.0 Å². The number of thioether (sulfide) groups is 1. The van der Waals surface area contributed by atoms with E-state index in [1.807, 2.05) is 0 Å². The number of carbonyl (C=O) groups excluding carboxylic acids is 1. The summed E-state index contributed by atoms with van der Waals surface area (Å²) in [6, 6.07) is 0. The number of hydrogen-bond acceptors (Lipinski definition) is 2. The maximum Gasteiger partial charge on any atom is 0.185 e. The summed E-state index contributed by atoms with van der Waals surface area (Å²) in [7, 11) is 0. The first-order valence-electron chi connectivity index (χ1n) is 4.55. The van der Waals surface area contributed by atoms with Gasteiger partial charge in [0.15, 0.2) is 5.12 Å².